The monoisotopic (exact) mass is 413 g/mol. The van der Waals surface area contributed by atoms with E-state index < -0.39 is 18.5 Å². The van der Waals surface area contributed by atoms with Gasteiger partial charge in [-0.1, -0.05) is 11.6 Å². The maximum atomic E-state index is 13.2. The quantitative estimate of drug-likeness (QED) is 0.643. The summed E-state index contributed by atoms with van der Waals surface area (Å²) in [6.45, 7) is -0.431. The molecule has 0 atom stereocenters. The molecule has 0 aliphatic heterocycles. The van der Waals surface area contributed by atoms with Gasteiger partial charge in [-0.25, -0.2) is 13.9 Å². The van der Waals surface area contributed by atoms with E-state index in [1.54, 1.807) is 41.1 Å². The molecule has 1 aromatic heterocycles. The summed E-state index contributed by atoms with van der Waals surface area (Å²) in [5, 5.41) is 7.56. The topological polar surface area (TPSA) is 73.2 Å². The predicted molar refractivity (Wildman–Crippen MR) is 106 cm³/mol. The number of benzene rings is 2. The van der Waals surface area contributed by atoms with Gasteiger partial charge in [-0.3, -0.25) is 4.79 Å². The minimum atomic E-state index is -0.657. The average Bonchev–Trinajstić information content (AvgIpc) is 3.31. The molecule has 0 saturated carbocycles. The van der Waals surface area contributed by atoms with E-state index in [0.29, 0.717) is 22.8 Å². The lowest BCUT2D eigenvalue weighted by Crippen LogP contribution is -2.21. The number of hydrogen-bond donors (Lipinski definition) is 1. The summed E-state index contributed by atoms with van der Waals surface area (Å²) in [5.74, 6) is -1.46. The Hall–Kier alpha value is -3.19. The first kappa shape index (κ1) is 19.1. The molecule has 0 bridgehead atoms. The first-order valence-corrected chi connectivity index (χ1v) is 9.48. The fraction of sp³-hybridized carbons (Fsp3) is 0.190. The van der Waals surface area contributed by atoms with Crippen molar-refractivity contribution >= 4 is 29.2 Å². The second kappa shape index (κ2) is 8.05. The summed E-state index contributed by atoms with van der Waals surface area (Å²) in [6, 6.07) is 12.5. The van der Waals surface area contributed by atoms with Crippen molar-refractivity contribution in [2.24, 2.45) is 0 Å². The summed E-state index contributed by atoms with van der Waals surface area (Å²) >= 11 is 5.81. The van der Waals surface area contributed by atoms with Crippen molar-refractivity contribution in [3.8, 4) is 5.69 Å². The number of fused-ring (bicyclic) bond motifs is 1. The molecule has 1 aliphatic carbocycles. The highest BCUT2D eigenvalue weighted by atomic mass is 35.5. The molecule has 148 valence electrons. The number of ether oxygens (including phenoxy) is 1. The van der Waals surface area contributed by atoms with E-state index in [0.717, 1.165) is 24.1 Å². The number of hydrogen-bond acceptors (Lipinski definition) is 4. The van der Waals surface area contributed by atoms with E-state index in [-0.39, 0.29) is 11.5 Å². The molecule has 4 rings (SSSR count). The molecule has 1 N–H and O–H groups in total. The zero-order valence-electron chi connectivity index (χ0n) is 15.3. The third-order valence-corrected chi connectivity index (χ3v) is 4.91. The lowest BCUT2D eigenvalue weighted by molar-refractivity contribution is -0.119. The fourth-order valence-corrected chi connectivity index (χ4v) is 3.45. The van der Waals surface area contributed by atoms with Gasteiger partial charge in [-0.15, -0.1) is 0 Å². The highest BCUT2D eigenvalue weighted by molar-refractivity contribution is 6.30. The molecule has 3 aromatic rings. The molecule has 1 amide bonds. The fourth-order valence-electron chi connectivity index (χ4n) is 3.33. The van der Waals surface area contributed by atoms with E-state index >= 15 is 0 Å². The number of carbonyl (C=O) groups is 2. The maximum absolute atomic E-state index is 13.2. The molecule has 29 heavy (non-hydrogen) atoms. The Bertz CT molecular complexity index is 1060. The molecule has 2 aromatic carbocycles. The standard InChI is InChI=1S/C21H17ClFN3O3/c22-13-4-8-15(9-5-13)24-19(27)12-29-21(28)20-17-2-1-3-18(17)26(25-20)16-10-6-14(23)7-11-16/h4-11H,1-3,12H2,(H,24,27). The first-order chi connectivity index (χ1) is 14.0. The molecule has 0 radical (unpaired) electrons. The minimum Gasteiger partial charge on any atom is -0.451 e. The number of rotatable bonds is 5. The molecule has 6 nitrogen and oxygen atoms in total. The zero-order chi connectivity index (χ0) is 20.4. The maximum Gasteiger partial charge on any atom is 0.359 e. The van der Waals surface area contributed by atoms with Crippen molar-refractivity contribution in [2.75, 3.05) is 11.9 Å². The van der Waals surface area contributed by atoms with Crippen LogP contribution in [0.25, 0.3) is 5.69 Å². The van der Waals surface area contributed by atoms with Crippen LogP contribution in [0.15, 0.2) is 48.5 Å². The average molecular weight is 414 g/mol. The second-order valence-corrected chi connectivity index (χ2v) is 7.08. The highest BCUT2D eigenvalue weighted by Gasteiger charge is 2.28. The molecule has 0 fully saturated rings. The van der Waals surface area contributed by atoms with Crippen LogP contribution in [0.4, 0.5) is 10.1 Å². The number of nitrogens with zero attached hydrogens (tertiary/aromatic N) is 2. The summed E-state index contributed by atoms with van der Waals surface area (Å²) in [4.78, 5) is 24.6. The Morgan fingerprint density at radius 1 is 1.10 bits per heavy atom. The largest absolute Gasteiger partial charge is 0.451 e. The number of anilines is 1. The number of amides is 1. The third kappa shape index (κ3) is 4.14. The van der Waals surface area contributed by atoms with Crippen LogP contribution in [0.5, 0.6) is 0 Å². The Balaban J connectivity index is 1.46. The Morgan fingerprint density at radius 2 is 1.83 bits per heavy atom. The van der Waals surface area contributed by atoms with Gasteiger partial charge < -0.3 is 10.1 Å². The van der Waals surface area contributed by atoms with Crippen LogP contribution in [0, 0.1) is 5.82 Å². The van der Waals surface area contributed by atoms with Gasteiger partial charge in [0.15, 0.2) is 12.3 Å². The van der Waals surface area contributed by atoms with Crippen LogP contribution in [-0.4, -0.2) is 28.3 Å². The van der Waals surface area contributed by atoms with E-state index in [4.69, 9.17) is 16.3 Å². The summed E-state index contributed by atoms with van der Waals surface area (Å²) in [6.07, 6.45) is 2.37. The molecular formula is C21H17ClFN3O3. The van der Waals surface area contributed by atoms with E-state index in [1.807, 2.05) is 0 Å². The van der Waals surface area contributed by atoms with Crippen molar-refractivity contribution in [3.05, 3.63) is 76.3 Å². The van der Waals surface area contributed by atoms with Gasteiger partial charge >= 0.3 is 5.97 Å². The zero-order valence-corrected chi connectivity index (χ0v) is 16.1. The first-order valence-electron chi connectivity index (χ1n) is 9.10. The predicted octanol–water partition coefficient (Wildman–Crippen LogP) is 3.95. The van der Waals surface area contributed by atoms with E-state index in [1.165, 1.54) is 12.1 Å². The summed E-state index contributed by atoms with van der Waals surface area (Å²) < 4.78 is 20.0. The SMILES string of the molecule is O=C(COC(=O)c1nn(-c2ccc(F)cc2)c2c1CCC2)Nc1ccc(Cl)cc1. The van der Waals surface area contributed by atoms with Crippen molar-refractivity contribution in [2.45, 2.75) is 19.3 Å². The number of aromatic nitrogens is 2. The molecule has 8 heteroatoms. The van der Waals surface area contributed by atoms with Gasteiger partial charge in [0.2, 0.25) is 0 Å². The van der Waals surface area contributed by atoms with Crippen LogP contribution >= 0.6 is 11.6 Å². The Labute approximate surface area is 171 Å². The lowest BCUT2D eigenvalue weighted by Gasteiger charge is -2.06. The molecule has 0 spiro atoms. The van der Waals surface area contributed by atoms with Gasteiger partial charge in [0.1, 0.15) is 5.82 Å². The minimum absolute atomic E-state index is 0.195. The van der Waals surface area contributed by atoms with E-state index in [9.17, 15) is 14.0 Å². The Morgan fingerprint density at radius 3 is 2.55 bits per heavy atom. The molecule has 1 heterocycles. The third-order valence-electron chi connectivity index (χ3n) is 4.66. The summed E-state index contributed by atoms with van der Waals surface area (Å²) in [7, 11) is 0. The lowest BCUT2D eigenvalue weighted by atomic mass is 10.2. The van der Waals surface area contributed by atoms with Gasteiger partial charge in [0.25, 0.3) is 5.91 Å². The van der Waals surface area contributed by atoms with Gasteiger partial charge in [0.05, 0.1) is 5.69 Å². The van der Waals surface area contributed by atoms with Crippen LogP contribution in [0.1, 0.15) is 28.2 Å². The second-order valence-electron chi connectivity index (χ2n) is 6.65. The molecule has 1 aliphatic rings. The molecule has 0 saturated heterocycles. The van der Waals surface area contributed by atoms with Crippen molar-refractivity contribution in [1.82, 2.24) is 9.78 Å². The van der Waals surface area contributed by atoms with Gasteiger partial charge in [0, 0.05) is 22.0 Å². The van der Waals surface area contributed by atoms with E-state index in [2.05, 4.69) is 10.4 Å². The number of carbonyl (C=O) groups excluding carboxylic acids is 2. The highest BCUT2D eigenvalue weighted by Crippen LogP contribution is 2.28. The van der Waals surface area contributed by atoms with Crippen molar-refractivity contribution in [3.63, 3.8) is 0 Å². The van der Waals surface area contributed by atoms with Crippen LogP contribution in [0.2, 0.25) is 5.02 Å². The summed E-state index contributed by atoms with van der Waals surface area (Å²) in [5.41, 5.74) is 3.15. The number of nitrogens with one attached hydrogen (secondary N) is 1. The van der Waals surface area contributed by atoms with Crippen molar-refractivity contribution in [1.29, 1.82) is 0 Å². The van der Waals surface area contributed by atoms with Crippen LogP contribution in [0.3, 0.4) is 0 Å². The molecular weight excluding hydrogens is 397 g/mol. The molecule has 0 unspecified atom stereocenters. The van der Waals surface area contributed by atoms with Gasteiger partial charge in [-0.05, 0) is 67.8 Å². The number of halogens is 2. The normalized spacial score (nSPS) is 12.5. The number of esters is 1. The van der Waals surface area contributed by atoms with Crippen LogP contribution in [-0.2, 0) is 22.4 Å². The smallest absolute Gasteiger partial charge is 0.359 e. The Kier molecular flexibility index (Phi) is 5.31. The van der Waals surface area contributed by atoms with Crippen molar-refractivity contribution < 1.29 is 18.7 Å². The van der Waals surface area contributed by atoms with Crippen LogP contribution < -0.4 is 5.32 Å². The van der Waals surface area contributed by atoms with Gasteiger partial charge in [-0.2, -0.15) is 5.10 Å².